The summed E-state index contributed by atoms with van der Waals surface area (Å²) in [5.74, 6) is -1.09. The van der Waals surface area contributed by atoms with Crippen molar-refractivity contribution in [2.45, 2.75) is 12.5 Å². The lowest BCUT2D eigenvalue weighted by Gasteiger charge is -2.21. The van der Waals surface area contributed by atoms with Crippen molar-refractivity contribution in [2.75, 3.05) is 14.2 Å². The van der Waals surface area contributed by atoms with E-state index in [1.54, 1.807) is 18.2 Å². The zero-order chi connectivity index (χ0) is 20.0. The molecule has 0 saturated heterocycles. The lowest BCUT2D eigenvalue weighted by molar-refractivity contribution is -0.384. The summed E-state index contributed by atoms with van der Waals surface area (Å²) in [5.41, 5.74) is 0.481. The van der Waals surface area contributed by atoms with Crippen LogP contribution in [0.2, 0.25) is 0 Å². The molecule has 0 aliphatic carbocycles. The molecule has 142 valence electrons. The van der Waals surface area contributed by atoms with Crippen LogP contribution in [-0.4, -0.2) is 31.0 Å². The van der Waals surface area contributed by atoms with Crippen LogP contribution >= 0.6 is 0 Å². The molecule has 0 heterocycles. The fourth-order valence-corrected chi connectivity index (χ4v) is 2.46. The molecule has 0 aliphatic heterocycles. The first-order valence-corrected chi connectivity index (χ1v) is 7.82. The molecule has 0 bridgehead atoms. The molecule has 2 aromatic carbocycles. The van der Waals surface area contributed by atoms with Gasteiger partial charge in [-0.1, -0.05) is 6.07 Å². The number of rotatable bonds is 8. The first-order valence-electron chi connectivity index (χ1n) is 7.82. The van der Waals surface area contributed by atoms with Gasteiger partial charge in [0.2, 0.25) is 0 Å². The molecule has 9 heteroatoms. The topological polar surface area (TPSA) is 131 Å². The summed E-state index contributed by atoms with van der Waals surface area (Å²) in [5, 5.41) is 24.4. The van der Waals surface area contributed by atoms with Gasteiger partial charge in [0.05, 0.1) is 25.2 Å². The molecule has 0 aliphatic rings. The predicted molar refractivity (Wildman–Crippen MR) is 92.5 cm³/mol. The molecule has 1 amide bonds. The van der Waals surface area contributed by atoms with Gasteiger partial charge < -0.3 is 24.7 Å². The van der Waals surface area contributed by atoms with E-state index >= 15 is 0 Å². The minimum atomic E-state index is -1.35. The van der Waals surface area contributed by atoms with Crippen molar-refractivity contribution in [2.24, 2.45) is 0 Å². The van der Waals surface area contributed by atoms with Crippen LogP contribution in [0.3, 0.4) is 0 Å². The molecule has 0 spiro atoms. The number of nitro groups is 1. The van der Waals surface area contributed by atoms with Crippen LogP contribution in [0.15, 0.2) is 42.5 Å². The van der Waals surface area contributed by atoms with Gasteiger partial charge in [-0.3, -0.25) is 14.9 Å². The standard InChI is InChI=1S/C18H18N2O7/c1-26-15-8-5-12(9-16(15)27-2)14(10-17(21)22)19-18(23)11-3-6-13(7-4-11)20(24)25/h3-9,14H,10H2,1-2H3,(H,19,23)(H,21,22)/p-1/t14-/m0/s1. The predicted octanol–water partition coefficient (Wildman–Crippen LogP) is 1.22. The number of benzene rings is 2. The third kappa shape index (κ3) is 4.94. The Labute approximate surface area is 154 Å². The first-order chi connectivity index (χ1) is 12.8. The summed E-state index contributed by atoms with van der Waals surface area (Å²) in [7, 11) is 2.90. The van der Waals surface area contributed by atoms with Gasteiger partial charge in [0, 0.05) is 30.1 Å². The van der Waals surface area contributed by atoms with Crippen molar-refractivity contribution >= 4 is 17.6 Å². The van der Waals surface area contributed by atoms with E-state index in [0.717, 1.165) is 0 Å². The van der Waals surface area contributed by atoms with E-state index in [1.165, 1.54) is 38.5 Å². The molecule has 2 aromatic rings. The first kappa shape index (κ1) is 19.7. The highest BCUT2D eigenvalue weighted by molar-refractivity contribution is 5.94. The Morgan fingerprint density at radius 1 is 1.07 bits per heavy atom. The third-order valence-electron chi connectivity index (χ3n) is 3.83. The van der Waals surface area contributed by atoms with Gasteiger partial charge >= 0.3 is 0 Å². The van der Waals surface area contributed by atoms with Gasteiger partial charge in [0.1, 0.15) is 0 Å². The average molecular weight is 373 g/mol. The number of aliphatic carboxylic acids is 1. The third-order valence-corrected chi connectivity index (χ3v) is 3.83. The van der Waals surface area contributed by atoms with Crippen LogP contribution in [0.5, 0.6) is 11.5 Å². The fourth-order valence-electron chi connectivity index (χ4n) is 2.46. The molecule has 1 atom stereocenters. The van der Waals surface area contributed by atoms with Crippen LogP contribution in [-0.2, 0) is 4.79 Å². The Morgan fingerprint density at radius 3 is 2.22 bits per heavy atom. The number of carbonyl (C=O) groups is 2. The summed E-state index contributed by atoms with van der Waals surface area (Å²) in [6.07, 6.45) is -0.464. The fraction of sp³-hybridized carbons (Fsp3) is 0.222. The Balaban J connectivity index is 2.27. The van der Waals surface area contributed by atoms with E-state index < -0.39 is 29.3 Å². The maximum atomic E-state index is 12.4. The SMILES string of the molecule is COc1ccc([C@H](CC(=O)[O-])NC(=O)c2ccc([N+](=O)[O-])cc2)cc1OC. The number of nitrogens with one attached hydrogen (secondary N) is 1. The number of carboxylic acid groups (broad SMARTS) is 1. The Kier molecular flexibility index (Phi) is 6.32. The second kappa shape index (κ2) is 8.65. The highest BCUT2D eigenvalue weighted by Gasteiger charge is 2.19. The molecule has 0 unspecified atom stereocenters. The Bertz CT molecular complexity index is 849. The molecule has 0 saturated carbocycles. The minimum absolute atomic E-state index is 0.155. The number of hydrogen-bond acceptors (Lipinski definition) is 7. The van der Waals surface area contributed by atoms with Crippen LogP contribution in [0.4, 0.5) is 5.69 Å². The number of nitro benzene ring substituents is 1. The number of ether oxygens (including phenoxy) is 2. The number of methoxy groups -OCH3 is 2. The van der Waals surface area contributed by atoms with Crippen molar-refractivity contribution < 1.29 is 29.1 Å². The second-order valence-electron chi connectivity index (χ2n) is 5.52. The number of non-ortho nitro benzene ring substituents is 1. The van der Waals surface area contributed by atoms with Gasteiger partial charge in [-0.25, -0.2) is 0 Å². The van der Waals surface area contributed by atoms with Gasteiger partial charge in [-0.05, 0) is 29.8 Å². The van der Waals surface area contributed by atoms with E-state index in [1.807, 2.05) is 0 Å². The molecular weight excluding hydrogens is 356 g/mol. The van der Waals surface area contributed by atoms with Crippen molar-refractivity contribution in [1.29, 1.82) is 0 Å². The lowest BCUT2D eigenvalue weighted by Crippen LogP contribution is -2.34. The smallest absolute Gasteiger partial charge is 0.269 e. The van der Waals surface area contributed by atoms with Gasteiger partial charge in [-0.15, -0.1) is 0 Å². The Hall–Kier alpha value is -3.62. The normalized spacial score (nSPS) is 11.3. The van der Waals surface area contributed by atoms with Gasteiger partial charge in [0.25, 0.3) is 11.6 Å². The number of carbonyl (C=O) groups excluding carboxylic acids is 2. The summed E-state index contributed by atoms with van der Waals surface area (Å²) >= 11 is 0. The summed E-state index contributed by atoms with van der Waals surface area (Å²) in [6, 6.07) is 8.83. The molecule has 0 radical (unpaired) electrons. The molecule has 27 heavy (non-hydrogen) atoms. The highest BCUT2D eigenvalue weighted by atomic mass is 16.6. The number of carboxylic acids is 1. The van der Waals surface area contributed by atoms with Crippen molar-refractivity contribution in [3.05, 3.63) is 63.7 Å². The molecule has 1 N–H and O–H groups in total. The van der Waals surface area contributed by atoms with E-state index in [9.17, 15) is 24.8 Å². The zero-order valence-corrected chi connectivity index (χ0v) is 14.6. The number of amides is 1. The zero-order valence-electron chi connectivity index (χ0n) is 14.6. The number of nitrogens with zero attached hydrogens (tertiary/aromatic N) is 1. The Morgan fingerprint density at radius 2 is 1.70 bits per heavy atom. The molecule has 0 aromatic heterocycles. The van der Waals surface area contributed by atoms with Crippen molar-refractivity contribution in [3.8, 4) is 11.5 Å². The van der Waals surface area contributed by atoms with Crippen LogP contribution in [0.25, 0.3) is 0 Å². The van der Waals surface area contributed by atoms with Crippen LogP contribution < -0.4 is 19.9 Å². The van der Waals surface area contributed by atoms with Gasteiger partial charge in [0.15, 0.2) is 11.5 Å². The average Bonchev–Trinajstić information content (AvgIpc) is 2.66. The second-order valence-corrected chi connectivity index (χ2v) is 5.52. The molecule has 2 rings (SSSR count). The van der Waals surface area contributed by atoms with Crippen molar-refractivity contribution in [1.82, 2.24) is 5.32 Å². The summed E-state index contributed by atoms with van der Waals surface area (Å²) < 4.78 is 10.3. The van der Waals surface area contributed by atoms with E-state index in [4.69, 9.17) is 9.47 Å². The number of hydrogen-bond donors (Lipinski definition) is 1. The molecule has 9 nitrogen and oxygen atoms in total. The lowest BCUT2D eigenvalue weighted by atomic mass is 10.0. The molecule has 0 fully saturated rings. The van der Waals surface area contributed by atoms with Crippen LogP contribution in [0.1, 0.15) is 28.4 Å². The maximum Gasteiger partial charge on any atom is 0.269 e. The largest absolute Gasteiger partial charge is 0.550 e. The van der Waals surface area contributed by atoms with Crippen LogP contribution in [0, 0.1) is 10.1 Å². The van der Waals surface area contributed by atoms with Gasteiger partial charge in [-0.2, -0.15) is 0 Å². The van der Waals surface area contributed by atoms with E-state index in [0.29, 0.717) is 17.1 Å². The monoisotopic (exact) mass is 373 g/mol. The van der Waals surface area contributed by atoms with E-state index in [2.05, 4.69) is 5.32 Å². The minimum Gasteiger partial charge on any atom is -0.550 e. The van der Waals surface area contributed by atoms with Crippen molar-refractivity contribution in [3.63, 3.8) is 0 Å². The summed E-state index contributed by atoms with van der Waals surface area (Å²) in [6.45, 7) is 0. The maximum absolute atomic E-state index is 12.4. The highest BCUT2D eigenvalue weighted by Crippen LogP contribution is 2.31. The quantitative estimate of drug-likeness (QED) is 0.544. The summed E-state index contributed by atoms with van der Waals surface area (Å²) in [4.78, 5) is 33.6. The molecular formula is C18H17N2O7-. The van der Waals surface area contributed by atoms with E-state index in [-0.39, 0.29) is 11.3 Å².